The molecular formula is C20H27F3N4. The Balaban J connectivity index is 1.43. The lowest BCUT2D eigenvalue weighted by Gasteiger charge is -2.39. The van der Waals surface area contributed by atoms with Crippen LogP contribution in [0.1, 0.15) is 50.4 Å². The van der Waals surface area contributed by atoms with Crippen molar-refractivity contribution in [1.82, 2.24) is 14.7 Å². The maximum absolute atomic E-state index is 14.2. The molecule has 4 nitrogen and oxygen atoms in total. The van der Waals surface area contributed by atoms with E-state index < -0.39 is 18.2 Å². The molecule has 0 amide bonds. The molecule has 1 fully saturated rings. The monoisotopic (exact) mass is 380 g/mol. The summed E-state index contributed by atoms with van der Waals surface area (Å²) in [6.07, 6.45) is 2.39. The van der Waals surface area contributed by atoms with Crippen molar-refractivity contribution in [3.05, 3.63) is 41.0 Å². The third-order valence-corrected chi connectivity index (χ3v) is 6.21. The molecule has 1 saturated carbocycles. The quantitative estimate of drug-likeness (QED) is 0.869. The Morgan fingerprint density at radius 1 is 1.15 bits per heavy atom. The number of hydrogen-bond donors (Lipinski definition) is 1. The molecule has 27 heavy (non-hydrogen) atoms. The first-order valence-electron chi connectivity index (χ1n) is 9.77. The molecule has 0 bridgehead atoms. The first kappa shape index (κ1) is 18.7. The molecule has 0 radical (unpaired) electrons. The van der Waals surface area contributed by atoms with E-state index in [-0.39, 0.29) is 17.5 Å². The molecule has 4 rings (SSSR count). The van der Waals surface area contributed by atoms with E-state index in [1.165, 1.54) is 11.3 Å². The minimum Gasteiger partial charge on any atom is -0.327 e. The summed E-state index contributed by atoms with van der Waals surface area (Å²) in [4.78, 5) is 2.41. The van der Waals surface area contributed by atoms with Gasteiger partial charge in [0.25, 0.3) is 0 Å². The Morgan fingerprint density at radius 2 is 1.89 bits per heavy atom. The smallest absolute Gasteiger partial charge is 0.156 e. The number of alkyl halides is 2. The topological polar surface area (TPSA) is 47.1 Å². The van der Waals surface area contributed by atoms with Crippen LogP contribution in [0.5, 0.6) is 0 Å². The average molecular weight is 380 g/mol. The van der Waals surface area contributed by atoms with Crippen LogP contribution in [-0.2, 0) is 13.1 Å². The standard InChI is InChI=1S/C20H27F3N4/c1-11(2)27-20-10-26(9-12(20)8-25-27)13-3-4-14(19(24)5-13)15-6-17(22)18(23)7-16(15)21/h6-8,11,13-14,17-19H,3-5,9-10,24H2,1-2H3/t13-,14?,17?,18?,19?/m0/s1. The second-order valence-corrected chi connectivity index (χ2v) is 8.32. The molecule has 2 aliphatic carbocycles. The first-order valence-corrected chi connectivity index (χ1v) is 9.77. The van der Waals surface area contributed by atoms with Crippen LogP contribution in [0.15, 0.2) is 29.7 Å². The number of allylic oxidation sites excluding steroid dienone is 3. The fourth-order valence-corrected chi connectivity index (χ4v) is 4.77. The molecule has 2 heterocycles. The van der Waals surface area contributed by atoms with Gasteiger partial charge in [-0.3, -0.25) is 9.58 Å². The number of nitrogens with two attached hydrogens (primary N) is 1. The van der Waals surface area contributed by atoms with Crippen molar-refractivity contribution in [2.45, 2.75) is 76.7 Å². The highest BCUT2D eigenvalue weighted by atomic mass is 19.2. The number of hydrogen-bond acceptors (Lipinski definition) is 3. The minimum atomic E-state index is -1.90. The van der Waals surface area contributed by atoms with Gasteiger partial charge in [0.05, 0.1) is 11.9 Å². The SMILES string of the molecule is CC(C)n1ncc2c1CN([C@H]1CCC(C3=CC(F)C(F)C=C3F)C(N)C1)C2. The van der Waals surface area contributed by atoms with E-state index in [4.69, 9.17) is 5.73 Å². The van der Waals surface area contributed by atoms with Gasteiger partial charge < -0.3 is 5.73 Å². The van der Waals surface area contributed by atoms with Gasteiger partial charge in [-0.2, -0.15) is 5.10 Å². The lowest BCUT2D eigenvalue weighted by Crippen LogP contribution is -2.45. The van der Waals surface area contributed by atoms with Crippen LogP contribution >= 0.6 is 0 Å². The Bertz CT molecular complexity index is 769. The number of aromatic nitrogens is 2. The molecule has 3 aliphatic rings. The van der Waals surface area contributed by atoms with Crippen molar-refractivity contribution in [1.29, 1.82) is 0 Å². The summed E-state index contributed by atoms with van der Waals surface area (Å²) in [6.45, 7) is 5.95. The summed E-state index contributed by atoms with van der Waals surface area (Å²) in [7, 11) is 0. The molecule has 1 aromatic rings. The van der Waals surface area contributed by atoms with Gasteiger partial charge in [-0.1, -0.05) is 0 Å². The van der Waals surface area contributed by atoms with Gasteiger partial charge in [0, 0.05) is 42.7 Å². The highest BCUT2D eigenvalue weighted by Crippen LogP contribution is 2.39. The third-order valence-electron chi connectivity index (χ3n) is 6.21. The van der Waals surface area contributed by atoms with Crippen molar-refractivity contribution in [3.63, 3.8) is 0 Å². The zero-order valence-corrected chi connectivity index (χ0v) is 15.8. The third kappa shape index (κ3) is 3.36. The van der Waals surface area contributed by atoms with Crippen LogP contribution < -0.4 is 5.73 Å². The van der Waals surface area contributed by atoms with Crippen LogP contribution in [0.3, 0.4) is 0 Å². The van der Waals surface area contributed by atoms with Crippen LogP contribution in [0.4, 0.5) is 13.2 Å². The Hall–Kier alpha value is -1.60. The number of halogens is 3. The molecule has 7 heteroatoms. The summed E-state index contributed by atoms with van der Waals surface area (Å²) in [5.74, 6) is -0.903. The van der Waals surface area contributed by atoms with Gasteiger partial charge >= 0.3 is 0 Å². The van der Waals surface area contributed by atoms with Crippen LogP contribution in [0.25, 0.3) is 0 Å². The molecule has 1 aliphatic heterocycles. The Kier molecular flexibility index (Phi) is 4.93. The van der Waals surface area contributed by atoms with E-state index >= 15 is 0 Å². The number of nitrogens with zero attached hydrogens (tertiary/aromatic N) is 3. The molecule has 0 aromatic carbocycles. The number of rotatable bonds is 3. The Morgan fingerprint density at radius 3 is 2.59 bits per heavy atom. The molecule has 148 valence electrons. The van der Waals surface area contributed by atoms with E-state index in [1.807, 2.05) is 6.20 Å². The van der Waals surface area contributed by atoms with Crippen molar-refractivity contribution in [2.24, 2.45) is 11.7 Å². The maximum atomic E-state index is 14.2. The molecule has 1 aromatic heterocycles. The van der Waals surface area contributed by atoms with E-state index in [9.17, 15) is 13.2 Å². The lowest BCUT2D eigenvalue weighted by atomic mass is 9.75. The van der Waals surface area contributed by atoms with Gasteiger partial charge in [-0.15, -0.1) is 0 Å². The van der Waals surface area contributed by atoms with Gasteiger partial charge in [-0.05, 0) is 50.8 Å². The molecular weight excluding hydrogens is 353 g/mol. The summed E-state index contributed by atoms with van der Waals surface area (Å²) in [5.41, 5.74) is 9.15. The zero-order valence-electron chi connectivity index (χ0n) is 15.8. The predicted octanol–water partition coefficient (Wildman–Crippen LogP) is 3.75. The largest absolute Gasteiger partial charge is 0.327 e. The van der Waals surface area contributed by atoms with Gasteiger partial charge in [0.1, 0.15) is 5.83 Å². The fourth-order valence-electron chi connectivity index (χ4n) is 4.77. The first-order chi connectivity index (χ1) is 12.8. The zero-order chi connectivity index (χ0) is 19.3. The molecule has 4 unspecified atom stereocenters. The molecule has 0 saturated heterocycles. The maximum Gasteiger partial charge on any atom is 0.156 e. The van der Waals surface area contributed by atoms with Crippen molar-refractivity contribution < 1.29 is 13.2 Å². The van der Waals surface area contributed by atoms with Crippen molar-refractivity contribution in [2.75, 3.05) is 0 Å². The second-order valence-electron chi connectivity index (χ2n) is 8.32. The second kappa shape index (κ2) is 7.09. The Labute approximate surface area is 157 Å². The number of fused-ring (bicyclic) bond motifs is 1. The highest BCUT2D eigenvalue weighted by Gasteiger charge is 2.38. The molecule has 5 atom stereocenters. The van der Waals surface area contributed by atoms with Crippen molar-refractivity contribution in [3.8, 4) is 0 Å². The molecule has 0 spiro atoms. The normalized spacial score (nSPS) is 34.6. The van der Waals surface area contributed by atoms with E-state index in [1.54, 1.807) is 0 Å². The van der Waals surface area contributed by atoms with Gasteiger partial charge in [0.15, 0.2) is 12.3 Å². The predicted molar refractivity (Wildman–Crippen MR) is 98.0 cm³/mol. The van der Waals surface area contributed by atoms with E-state index in [0.717, 1.165) is 38.1 Å². The lowest BCUT2D eigenvalue weighted by molar-refractivity contribution is 0.126. The van der Waals surface area contributed by atoms with Gasteiger partial charge in [0.2, 0.25) is 0 Å². The summed E-state index contributed by atoms with van der Waals surface area (Å²) in [5, 5.41) is 4.47. The summed E-state index contributed by atoms with van der Waals surface area (Å²) >= 11 is 0. The van der Waals surface area contributed by atoms with Crippen LogP contribution in [0, 0.1) is 5.92 Å². The van der Waals surface area contributed by atoms with E-state index in [2.05, 4.69) is 28.5 Å². The minimum absolute atomic E-state index is 0.251. The highest BCUT2D eigenvalue weighted by molar-refractivity contribution is 5.36. The van der Waals surface area contributed by atoms with Crippen molar-refractivity contribution >= 4 is 0 Å². The van der Waals surface area contributed by atoms with Crippen LogP contribution in [0.2, 0.25) is 0 Å². The summed E-state index contributed by atoms with van der Waals surface area (Å²) in [6, 6.07) is 0.381. The van der Waals surface area contributed by atoms with Crippen LogP contribution in [-0.4, -0.2) is 39.1 Å². The van der Waals surface area contributed by atoms with E-state index in [0.29, 0.717) is 18.5 Å². The molecule has 2 N–H and O–H groups in total. The average Bonchev–Trinajstić information content (AvgIpc) is 3.18. The fraction of sp³-hybridized carbons (Fsp3) is 0.650. The summed E-state index contributed by atoms with van der Waals surface area (Å²) < 4.78 is 43.3. The van der Waals surface area contributed by atoms with Gasteiger partial charge in [-0.25, -0.2) is 13.2 Å².